The van der Waals surface area contributed by atoms with E-state index in [0.717, 1.165) is 12.1 Å². The second-order valence-corrected chi connectivity index (χ2v) is 6.77. The second kappa shape index (κ2) is 6.71. The number of esters is 1. The van der Waals surface area contributed by atoms with Gasteiger partial charge in [0.15, 0.2) is 11.6 Å². The number of pyridine rings is 1. The number of hydrogen-bond donors (Lipinski definition) is 0. The maximum atomic E-state index is 13.7. The van der Waals surface area contributed by atoms with Gasteiger partial charge in [0.05, 0.1) is 11.6 Å². The fraction of sp³-hybridized carbons (Fsp3) is 0.316. The van der Waals surface area contributed by atoms with Crippen molar-refractivity contribution >= 4 is 5.97 Å². The molecule has 1 aromatic carbocycles. The van der Waals surface area contributed by atoms with Gasteiger partial charge in [0, 0.05) is 12.1 Å². The molecule has 1 fully saturated rings. The summed E-state index contributed by atoms with van der Waals surface area (Å²) in [6, 6.07) is 9.26. The van der Waals surface area contributed by atoms with Gasteiger partial charge in [0.2, 0.25) is 12.0 Å². The van der Waals surface area contributed by atoms with Gasteiger partial charge in [-0.15, -0.1) is 0 Å². The van der Waals surface area contributed by atoms with Gasteiger partial charge in [0.25, 0.3) is 0 Å². The van der Waals surface area contributed by atoms with E-state index in [-0.39, 0.29) is 28.7 Å². The maximum Gasteiger partial charge on any atom is 0.311 e. The average Bonchev–Trinajstić information content (AvgIpc) is 3.24. The van der Waals surface area contributed by atoms with Gasteiger partial charge >= 0.3 is 5.97 Å². The lowest BCUT2D eigenvalue weighted by molar-refractivity contribution is -0.149. The largest absolute Gasteiger partial charge is 0.440 e. The summed E-state index contributed by atoms with van der Waals surface area (Å²) in [4.78, 5) is 16.2. The van der Waals surface area contributed by atoms with E-state index in [2.05, 4.69) is 4.98 Å². The summed E-state index contributed by atoms with van der Waals surface area (Å²) in [5.41, 5.74) is 0.0506. The predicted octanol–water partition coefficient (Wildman–Crippen LogP) is 4.31. The van der Waals surface area contributed by atoms with Gasteiger partial charge in [0.1, 0.15) is 11.9 Å². The summed E-state index contributed by atoms with van der Waals surface area (Å²) >= 11 is 0. The number of halogens is 2. The molecule has 1 aliphatic carbocycles. The van der Waals surface area contributed by atoms with Gasteiger partial charge in [-0.25, -0.2) is 13.8 Å². The zero-order chi connectivity index (χ0) is 18.9. The Bertz CT molecular complexity index is 893. The first-order chi connectivity index (χ1) is 12.3. The Kier molecular flexibility index (Phi) is 4.60. The maximum absolute atomic E-state index is 13.7. The molecule has 0 radical (unpaired) electrons. The number of rotatable bonds is 5. The second-order valence-electron chi connectivity index (χ2n) is 6.77. The van der Waals surface area contributed by atoms with Crippen molar-refractivity contribution in [3.05, 3.63) is 53.7 Å². The zero-order valence-corrected chi connectivity index (χ0v) is 14.2. The summed E-state index contributed by atoms with van der Waals surface area (Å²) in [6.45, 7) is 3.90. The molecular formula is C19H16F2N2O3. The third-order valence-electron chi connectivity index (χ3n) is 4.27. The summed E-state index contributed by atoms with van der Waals surface area (Å²) in [7, 11) is 0. The average molecular weight is 358 g/mol. The van der Waals surface area contributed by atoms with Crippen molar-refractivity contribution in [2.24, 2.45) is 11.3 Å². The molecule has 1 unspecified atom stereocenters. The van der Waals surface area contributed by atoms with Crippen molar-refractivity contribution in [3.8, 4) is 17.7 Å². The Balaban J connectivity index is 1.75. The van der Waals surface area contributed by atoms with Crippen molar-refractivity contribution in [3.63, 3.8) is 0 Å². The molecule has 5 nitrogen and oxygen atoms in total. The minimum atomic E-state index is -1.19. The molecule has 7 heteroatoms. The van der Waals surface area contributed by atoms with Crippen LogP contribution in [0.4, 0.5) is 8.78 Å². The Hall–Kier alpha value is -3.01. The lowest BCUT2D eigenvalue weighted by Crippen LogP contribution is -2.15. The van der Waals surface area contributed by atoms with Crippen LogP contribution in [0.2, 0.25) is 0 Å². The summed E-state index contributed by atoms with van der Waals surface area (Å²) in [5, 5.41) is 9.31. The first-order valence-electron chi connectivity index (χ1n) is 8.00. The summed E-state index contributed by atoms with van der Waals surface area (Å²) in [5.74, 6) is -2.49. The fourth-order valence-corrected chi connectivity index (χ4v) is 2.52. The highest BCUT2D eigenvalue weighted by Crippen LogP contribution is 2.52. The number of aromatic nitrogens is 1. The molecular weight excluding hydrogens is 342 g/mol. The molecule has 2 aromatic rings. The number of nitriles is 1. The van der Waals surface area contributed by atoms with Crippen LogP contribution in [0.25, 0.3) is 0 Å². The normalized spacial score (nSPS) is 18.5. The molecule has 0 bridgehead atoms. The molecule has 0 N–H and O–H groups in total. The van der Waals surface area contributed by atoms with Crippen LogP contribution < -0.4 is 4.74 Å². The molecule has 0 aliphatic heterocycles. The van der Waals surface area contributed by atoms with Crippen molar-refractivity contribution in [2.45, 2.75) is 26.4 Å². The van der Waals surface area contributed by atoms with Crippen LogP contribution >= 0.6 is 0 Å². The first kappa shape index (κ1) is 17.8. The molecule has 3 rings (SSSR count). The van der Waals surface area contributed by atoms with Crippen molar-refractivity contribution in [2.75, 3.05) is 0 Å². The van der Waals surface area contributed by atoms with Gasteiger partial charge in [-0.2, -0.15) is 5.26 Å². The number of hydrogen-bond acceptors (Lipinski definition) is 5. The summed E-state index contributed by atoms with van der Waals surface area (Å²) in [6.07, 6.45) is -0.481. The Labute approximate surface area is 149 Å². The SMILES string of the molecule is CC1(C)C[C@H]1C(=O)OC(C#N)c1cccc(Oc2ccc(F)cc2F)n1. The smallest absolute Gasteiger partial charge is 0.311 e. The van der Waals surface area contributed by atoms with Crippen LogP contribution in [0.15, 0.2) is 36.4 Å². The molecule has 1 saturated carbocycles. The number of benzene rings is 1. The van der Waals surface area contributed by atoms with Crippen LogP contribution in [0.5, 0.6) is 11.6 Å². The minimum Gasteiger partial charge on any atom is -0.440 e. The quantitative estimate of drug-likeness (QED) is 0.745. The molecule has 26 heavy (non-hydrogen) atoms. The van der Waals surface area contributed by atoms with Gasteiger partial charge in [-0.05, 0) is 30.0 Å². The molecule has 0 spiro atoms. The monoisotopic (exact) mass is 358 g/mol. The third-order valence-corrected chi connectivity index (χ3v) is 4.27. The predicted molar refractivity (Wildman–Crippen MR) is 87.0 cm³/mol. The van der Waals surface area contributed by atoms with E-state index in [0.29, 0.717) is 12.5 Å². The lowest BCUT2D eigenvalue weighted by atomic mass is 10.1. The van der Waals surface area contributed by atoms with E-state index in [9.17, 15) is 18.8 Å². The highest BCUT2D eigenvalue weighted by Gasteiger charge is 2.52. The van der Waals surface area contributed by atoms with Gasteiger partial charge in [-0.3, -0.25) is 4.79 Å². The van der Waals surface area contributed by atoms with E-state index in [4.69, 9.17) is 9.47 Å². The first-order valence-corrected chi connectivity index (χ1v) is 8.00. The number of nitrogens with zero attached hydrogens (tertiary/aromatic N) is 2. The van der Waals surface area contributed by atoms with Crippen LogP contribution in [0, 0.1) is 34.3 Å². The van der Waals surface area contributed by atoms with E-state index in [1.807, 2.05) is 19.9 Å². The van der Waals surface area contributed by atoms with E-state index < -0.39 is 23.7 Å². The lowest BCUT2D eigenvalue weighted by Gasteiger charge is -2.13. The van der Waals surface area contributed by atoms with E-state index in [1.165, 1.54) is 12.1 Å². The Morgan fingerprint density at radius 2 is 2.08 bits per heavy atom. The van der Waals surface area contributed by atoms with Gasteiger partial charge < -0.3 is 9.47 Å². The third kappa shape index (κ3) is 3.80. The molecule has 0 saturated heterocycles. The molecule has 1 heterocycles. The van der Waals surface area contributed by atoms with Crippen LogP contribution in [-0.2, 0) is 9.53 Å². The number of carbonyl (C=O) groups excluding carboxylic acids is 1. The molecule has 134 valence electrons. The van der Waals surface area contributed by atoms with E-state index in [1.54, 1.807) is 6.07 Å². The standard InChI is InChI=1S/C19H16F2N2O3/c1-19(2)9-12(19)18(24)26-16(10-22)14-4-3-5-17(23-14)25-15-7-6-11(20)8-13(15)21/h3-8,12,16H,9H2,1-2H3/t12-,16?/m0/s1. The van der Waals surface area contributed by atoms with Crippen molar-refractivity contribution < 1.29 is 23.0 Å². The van der Waals surface area contributed by atoms with Crippen LogP contribution in [-0.4, -0.2) is 11.0 Å². The fourth-order valence-electron chi connectivity index (χ4n) is 2.52. The zero-order valence-electron chi connectivity index (χ0n) is 14.2. The molecule has 2 atom stereocenters. The van der Waals surface area contributed by atoms with Crippen LogP contribution in [0.1, 0.15) is 32.1 Å². The Morgan fingerprint density at radius 3 is 2.69 bits per heavy atom. The molecule has 1 aromatic heterocycles. The molecule has 0 amide bonds. The highest BCUT2D eigenvalue weighted by atomic mass is 19.1. The highest BCUT2D eigenvalue weighted by molar-refractivity contribution is 5.77. The number of carbonyl (C=O) groups is 1. The minimum absolute atomic E-state index is 0.00365. The van der Waals surface area contributed by atoms with Crippen LogP contribution in [0.3, 0.4) is 0 Å². The molecule has 1 aliphatic rings. The van der Waals surface area contributed by atoms with Crippen molar-refractivity contribution in [1.29, 1.82) is 5.26 Å². The van der Waals surface area contributed by atoms with E-state index >= 15 is 0 Å². The topological polar surface area (TPSA) is 72.2 Å². The number of ether oxygens (including phenoxy) is 2. The van der Waals surface area contributed by atoms with Gasteiger partial charge in [-0.1, -0.05) is 19.9 Å². The Morgan fingerprint density at radius 1 is 1.35 bits per heavy atom. The summed E-state index contributed by atoms with van der Waals surface area (Å²) < 4.78 is 37.2. The van der Waals surface area contributed by atoms with Crippen molar-refractivity contribution in [1.82, 2.24) is 4.98 Å².